The molecule has 3 aromatic rings. The Hall–Kier alpha value is -2.50. The minimum absolute atomic E-state index is 0.0709. The molecule has 0 aliphatic rings. The first-order valence-corrected chi connectivity index (χ1v) is 6.71. The summed E-state index contributed by atoms with van der Waals surface area (Å²) in [5.41, 5.74) is 2.27. The second kappa shape index (κ2) is 5.12. The Morgan fingerprint density at radius 1 is 1.29 bits per heavy atom. The smallest absolute Gasteiger partial charge is 0.163 e. The molecule has 108 valence electrons. The summed E-state index contributed by atoms with van der Waals surface area (Å²) < 4.78 is 15.4. The van der Waals surface area contributed by atoms with E-state index in [4.69, 9.17) is 0 Å². The fourth-order valence-corrected chi connectivity index (χ4v) is 2.24. The normalized spacial score (nSPS) is 12.6. The molecule has 0 fully saturated rings. The molecule has 21 heavy (non-hydrogen) atoms. The maximum atomic E-state index is 13.7. The van der Waals surface area contributed by atoms with Crippen molar-refractivity contribution < 1.29 is 4.39 Å². The summed E-state index contributed by atoms with van der Waals surface area (Å²) in [6, 6.07) is 5.17. The number of aromatic nitrogens is 4. The number of fused-ring (bicyclic) bond motifs is 1. The Balaban J connectivity index is 1.92. The average molecular weight is 285 g/mol. The molecule has 1 unspecified atom stereocenters. The number of hydrogen-bond donors (Lipinski definition) is 1. The van der Waals surface area contributed by atoms with Gasteiger partial charge in [-0.2, -0.15) is 5.10 Å². The fourth-order valence-electron chi connectivity index (χ4n) is 2.24. The predicted octanol–water partition coefficient (Wildman–Crippen LogP) is 2.98. The van der Waals surface area contributed by atoms with Crippen LogP contribution in [0.4, 0.5) is 10.2 Å². The van der Waals surface area contributed by atoms with Crippen LogP contribution in [0.25, 0.3) is 11.0 Å². The summed E-state index contributed by atoms with van der Waals surface area (Å²) in [4.78, 5) is 8.45. The van der Waals surface area contributed by atoms with E-state index < -0.39 is 0 Å². The second-order valence-electron chi connectivity index (χ2n) is 5.10. The highest BCUT2D eigenvalue weighted by atomic mass is 19.1. The maximum absolute atomic E-state index is 13.7. The van der Waals surface area contributed by atoms with Gasteiger partial charge in [-0.15, -0.1) is 0 Å². The Morgan fingerprint density at radius 3 is 2.86 bits per heavy atom. The van der Waals surface area contributed by atoms with Crippen molar-refractivity contribution in [3.8, 4) is 0 Å². The lowest BCUT2D eigenvalue weighted by Gasteiger charge is -2.15. The molecule has 0 aliphatic heterocycles. The van der Waals surface area contributed by atoms with Crippen LogP contribution in [0.3, 0.4) is 0 Å². The van der Waals surface area contributed by atoms with Crippen molar-refractivity contribution in [3.05, 3.63) is 47.7 Å². The first-order valence-electron chi connectivity index (χ1n) is 6.71. The number of hydrogen-bond acceptors (Lipinski definition) is 4. The Morgan fingerprint density at radius 2 is 2.10 bits per heavy atom. The van der Waals surface area contributed by atoms with Crippen molar-refractivity contribution in [1.82, 2.24) is 19.7 Å². The summed E-state index contributed by atoms with van der Waals surface area (Å²) in [5.74, 6) is 0.497. The van der Waals surface area contributed by atoms with Crippen molar-refractivity contribution in [2.24, 2.45) is 7.05 Å². The van der Waals surface area contributed by atoms with Gasteiger partial charge in [-0.25, -0.2) is 14.4 Å². The number of halogens is 1. The van der Waals surface area contributed by atoms with E-state index in [2.05, 4.69) is 20.4 Å². The zero-order valence-corrected chi connectivity index (χ0v) is 12.1. The lowest BCUT2D eigenvalue weighted by atomic mass is 10.1. The molecule has 0 spiro atoms. The van der Waals surface area contributed by atoms with Gasteiger partial charge in [0.05, 0.1) is 17.6 Å². The molecular weight excluding hydrogens is 269 g/mol. The van der Waals surface area contributed by atoms with Gasteiger partial charge in [0, 0.05) is 7.05 Å². The number of nitrogens with zero attached hydrogens (tertiary/aromatic N) is 4. The molecule has 0 bridgehead atoms. The van der Waals surface area contributed by atoms with E-state index in [-0.39, 0.29) is 11.9 Å². The lowest BCUT2D eigenvalue weighted by molar-refractivity contribution is 0.614. The molecule has 5 nitrogen and oxygen atoms in total. The molecule has 1 atom stereocenters. The van der Waals surface area contributed by atoms with Crippen molar-refractivity contribution in [2.75, 3.05) is 5.32 Å². The van der Waals surface area contributed by atoms with Gasteiger partial charge in [0.1, 0.15) is 18.0 Å². The fraction of sp³-hybridized carbons (Fsp3) is 0.267. The van der Waals surface area contributed by atoms with Gasteiger partial charge >= 0.3 is 0 Å². The quantitative estimate of drug-likeness (QED) is 0.803. The Kier molecular flexibility index (Phi) is 3.29. The minimum Gasteiger partial charge on any atom is -0.363 e. The second-order valence-corrected chi connectivity index (χ2v) is 5.10. The lowest BCUT2D eigenvalue weighted by Crippen LogP contribution is -2.09. The van der Waals surface area contributed by atoms with Crippen molar-refractivity contribution >= 4 is 16.9 Å². The van der Waals surface area contributed by atoms with E-state index in [9.17, 15) is 4.39 Å². The predicted molar refractivity (Wildman–Crippen MR) is 79.5 cm³/mol. The zero-order chi connectivity index (χ0) is 15.0. The summed E-state index contributed by atoms with van der Waals surface area (Å²) >= 11 is 0. The van der Waals surface area contributed by atoms with E-state index >= 15 is 0 Å². The third-order valence-electron chi connectivity index (χ3n) is 3.58. The van der Waals surface area contributed by atoms with Gasteiger partial charge in [0.2, 0.25) is 0 Å². The van der Waals surface area contributed by atoms with Crippen LogP contribution in [-0.2, 0) is 7.05 Å². The summed E-state index contributed by atoms with van der Waals surface area (Å²) in [6.07, 6.45) is 3.22. The minimum atomic E-state index is -0.199. The van der Waals surface area contributed by atoms with Crippen LogP contribution in [-0.4, -0.2) is 19.7 Å². The molecule has 0 radical (unpaired) electrons. The number of rotatable bonds is 3. The zero-order valence-electron chi connectivity index (χ0n) is 12.1. The molecule has 3 rings (SSSR count). The van der Waals surface area contributed by atoms with Crippen LogP contribution < -0.4 is 5.32 Å². The van der Waals surface area contributed by atoms with Gasteiger partial charge in [-0.1, -0.05) is 12.1 Å². The largest absolute Gasteiger partial charge is 0.363 e. The number of nitrogens with one attached hydrogen (secondary N) is 1. The SMILES string of the molecule is Cc1ccc(C(C)Nc2ncnc3c2cnn3C)cc1F. The molecular formula is C15H16FN5. The van der Waals surface area contributed by atoms with Crippen LogP contribution in [0.5, 0.6) is 0 Å². The number of aryl methyl sites for hydroxylation is 2. The van der Waals surface area contributed by atoms with Gasteiger partial charge < -0.3 is 5.32 Å². The number of anilines is 1. The first-order chi connectivity index (χ1) is 10.1. The van der Waals surface area contributed by atoms with Crippen LogP contribution in [0, 0.1) is 12.7 Å². The average Bonchev–Trinajstić information content (AvgIpc) is 2.85. The highest BCUT2D eigenvalue weighted by molar-refractivity contribution is 5.86. The molecule has 0 amide bonds. The van der Waals surface area contributed by atoms with Crippen LogP contribution in [0.2, 0.25) is 0 Å². The monoisotopic (exact) mass is 285 g/mol. The molecule has 6 heteroatoms. The van der Waals surface area contributed by atoms with Crippen LogP contribution in [0.15, 0.2) is 30.7 Å². The molecule has 2 heterocycles. The molecule has 0 aliphatic carbocycles. The van der Waals surface area contributed by atoms with E-state index in [1.165, 1.54) is 6.33 Å². The molecule has 2 aromatic heterocycles. The maximum Gasteiger partial charge on any atom is 0.163 e. The van der Waals surface area contributed by atoms with E-state index in [0.29, 0.717) is 11.4 Å². The molecule has 1 aromatic carbocycles. The van der Waals surface area contributed by atoms with Gasteiger partial charge in [-0.05, 0) is 31.0 Å². The van der Waals surface area contributed by atoms with E-state index in [0.717, 1.165) is 16.6 Å². The third-order valence-corrected chi connectivity index (χ3v) is 3.58. The summed E-state index contributed by atoms with van der Waals surface area (Å²) in [5, 5.41) is 8.31. The Labute approximate surface area is 121 Å². The summed E-state index contributed by atoms with van der Waals surface area (Å²) in [6.45, 7) is 3.72. The topological polar surface area (TPSA) is 55.6 Å². The van der Waals surface area contributed by atoms with Gasteiger partial charge in [-0.3, -0.25) is 4.68 Å². The van der Waals surface area contributed by atoms with E-state index in [1.54, 1.807) is 29.9 Å². The van der Waals surface area contributed by atoms with E-state index in [1.807, 2.05) is 20.0 Å². The summed E-state index contributed by atoms with van der Waals surface area (Å²) in [7, 11) is 1.83. The van der Waals surface area contributed by atoms with Crippen molar-refractivity contribution in [1.29, 1.82) is 0 Å². The third kappa shape index (κ3) is 2.44. The van der Waals surface area contributed by atoms with Gasteiger partial charge in [0.15, 0.2) is 5.65 Å². The molecule has 0 saturated heterocycles. The van der Waals surface area contributed by atoms with Crippen LogP contribution in [0.1, 0.15) is 24.1 Å². The number of benzene rings is 1. The Bertz CT molecular complexity index is 796. The molecule has 0 saturated carbocycles. The highest BCUT2D eigenvalue weighted by Crippen LogP contribution is 2.24. The van der Waals surface area contributed by atoms with Crippen LogP contribution >= 0.6 is 0 Å². The van der Waals surface area contributed by atoms with Crippen molar-refractivity contribution in [3.63, 3.8) is 0 Å². The first kappa shape index (κ1) is 13.5. The van der Waals surface area contributed by atoms with Crippen molar-refractivity contribution in [2.45, 2.75) is 19.9 Å². The standard InChI is InChI=1S/C15H16FN5/c1-9-4-5-11(6-13(9)16)10(2)20-14-12-7-19-21(3)15(12)18-8-17-14/h4-8,10H,1-3H3,(H,17,18,20). The molecule has 1 N–H and O–H groups in total. The van der Waals surface area contributed by atoms with Gasteiger partial charge in [0.25, 0.3) is 0 Å². The highest BCUT2D eigenvalue weighted by Gasteiger charge is 2.12.